The second-order valence-corrected chi connectivity index (χ2v) is 3.18. The Labute approximate surface area is 71.0 Å². The van der Waals surface area contributed by atoms with Gasteiger partial charge in [0.1, 0.15) is 0 Å². The first-order valence-electron chi connectivity index (χ1n) is 4.12. The Hall–Kier alpha value is -1.12. The van der Waals surface area contributed by atoms with Crippen LogP contribution in [0.3, 0.4) is 0 Å². The van der Waals surface area contributed by atoms with Gasteiger partial charge in [0.25, 0.3) is 0 Å². The highest BCUT2D eigenvalue weighted by Crippen LogP contribution is 2.29. The number of halogens is 1. The number of pyridine rings is 1. The number of rotatable bonds is 2. The molecule has 0 aromatic carbocycles. The van der Waals surface area contributed by atoms with Crippen LogP contribution in [0.1, 0.15) is 12.8 Å². The van der Waals surface area contributed by atoms with Gasteiger partial charge in [-0.2, -0.15) is 4.39 Å². The zero-order chi connectivity index (χ0) is 8.55. The summed E-state index contributed by atoms with van der Waals surface area (Å²) in [4.78, 5) is 5.61. The van der Waals surface area contributed by atoms with Crippen LogP contribution in [0.4, 0.5) is 10.1 Å². The summed E-state index contributed by atoms with van der Waals surface area (Å²) in [6.07, 6.45) is 3.95. The Morgan fingerprint density at radius 1 is 1.58 bits per heavy atom. The van der Waals surface area contributed by atoms with E-state index >= 15 is 0 Å². The second-order valence-electron chi connectivity index (χ2n) is 3.18. The van der Waals surface area contributed by atoms with Crippen molar-refractivity contribution < 1.29 is 4.39 Å². The first-order chi connectivity index (χ1) is 5.77. The largest absolute Gasteiger partial charge is 0.371 e. The minimum atomic E-state index is -0.403. The summed E-state index contributed by atoms with van der Waals surface area (Å²) in [5.41, 5.74) is 0.921. The number of hydrogen-bond donors (Lipinski definition) is 0. The van der Waals surface area contributed by atoms with Crippen molar-refractivity contribution in [1.29, 1.82) is 0 Å². The maximum absolute atomic E-state index is 12.7. The Kier molecular flexibility index (Phi) is 1.71. The average molecular weight is 166 g/mol. The van der Waals surface area contributed by atoms with E-state index in [1.54, 1.807) is 0 Å². The van der Waals surface area contributed by atoms with Gasteiger partial charge in [-0.1, -0.05) is 0 Å². The molecule has 1 aromatic heterocycles. The van der Waals surface area contributed by atoms with E-state index < -0.39 is 5.95 Å². The predicted octanol–water partition coefficient (Wildman–Crippen LogP) is 1.82. The van der Waals surface area contributed by atoms with Crippen molar-refractivity contribution in [3.8, 4) is 0 Å². The molecule has 64 valence electrons. The molecule has 1 heterocycles. The maximum Gasteiger partial charge on any atom is 0.214 e. The zero-order valence-electron chi connectivity index (χ0n) is 7.00. The fraction of sp³-hybridized carbons (Fsp3) is 0.444. The predicted molar refractivity (Wildman–Crippen MR) is 45.6 cm³/mol. The van der Waals surface area contributed by atoms with Crippen LogP contribution in [0.15, 0.2) is 18.3 Å². The lowest BCUT2D eigenvalue weighted by molar-refractivity contribution is 0.583. The van der Waals surface area contributed by atoms with Crippen molar-refractivity contribution in [1.82, 2.24) is 4.98 Å². The van der Waals surface area contributed by atoms with Crippen molar-refractivity contribution in [2.24, 2.45) is 0 Å². The van der Waals surface area contributed by atoms with Gasteiger partial charge in [-0.25, -0.2) is 4.98 Å². The molecule has 0 unspecified atom stereocenters. The van der Waals surface area contributed by atoms with Crippen LogP contribution in [-0.2, 0) is 0 Å². The van der Waals surface area contributed by atoms with Crippen LogP contribution >= 0.6 is 0 Å². The molecule has 0 N–H and O–H groups in total. The van der Waals surface area contributed by atoms with E-state index in [1.165, 1.54) is 25.1 Å². The van der Waals surface area contributed by atoms with Gasteiger partial charge in [-0.15, -0.1) is 0 Å². The summed E-state index contributed by atoms with van der Waals surface area (Å²) in [6.45, 7) is 0. The van der Waals surface area contributed by atoms with Gasteiger partial charge in [-0.05, 0) is 18.9 Å². The fourth-order valence-corrected chi connectivity index (χ4v) is 1.28. The SMILES string of the molecule is CN(c1ccnc(F)c1)C1CC1. The van der Waals surface area contributed by atoms with Crippen LogP contribution in [0.25, 0.3) is 0 Å². The number of nitrogens with zero attached hydrogens (tertiary/aromatic N) is 2. The van der Waals surface area contributed by atoms with Gasteiger partial charge < -0.3 is 4.90 Å². The Bertz CT molecular complexity index is 284. The van der Waals surface area contributed by atoms with E-state index in [4.69, 9.17) is 0 Å². The van der Waals surface area contributed by atoms with Gasteiger partial charge >= 0.3 is 0 Å². The third kappa shape index (κ3) is 1.40. The van der Waals surface area contributed by atoms with Crippen LogP contribution in [0.5, 0.6) is 0 Å². The monoisotopic (exact) mass is 166 g/mol. The highest BCUT2D eigenvalue weighted by Gasteiger charge is 2.26. The highest BCUT2D eigenvalue weighted by molar-refractivity contribution is 5.46. The minimum Gasteiger partial charge on any atom is -0.371 e. The Morgan fingerprint density at radius 3 is 2.92 bits per heavy atom. The maximum atomic E-state index is 12.7. The molecule has 1 aromatic rings. The van der Waals surface area contributed by atoms with Crippen molar-refractivity contribution in [2.45, 2.75) is 18.9 Å². The van der Waals surface area contributed by atoms with E-state index in [0.29, 0.717) is 6.04 Å². The molecule has 1 aliphatic rings. The summed E-state index contributed by atoms with van der Waals surface area (Å²) in [6, 6.07) is 3.92. The van der Waals surface area contributed by atoms with Crippen molar-refractivity contribution in [2.75, 3.05) is 11.9 Å². The molecule has 0 spiro atoms. The Morgan fingerprint density at radius 2 is 2.33 bits per heavy atom. The number of anilines is 1. The lowest BCUT2D eigenvalue weighted by Crippen LogP contribution is -2.19. The molecule has 0 saturated heterocycles. The topological polar surface area (TPSA) is 16.1 Å². The third-order valence-corrected chi connectivity index (χ3v) is 2.21. The van der Waals surface area contributed by atoms with E-state index in [2.05, 4.69) is 9.88 Å². The summed E-state index contributed by atoms with van der Waals surface area (Å²) in [7, 11) is 1.99. The fourth-order valence-electron chi connectivity index (χ4n) is 1.28. The second kappa shape index (κ2) is 2.73. The van der Waals surface area contributed by atoms with Crippen LogP contribution < -0.4 is 4.90 Å². The molecule has 3 heteroatoms. The lowest BCUT2D eigenvalue weighted by atomic mass is 10.3. The molecule has 0 aliphatic heterocycles. The molecule has 1 saturated carbocycles. The molecule has 12 heavy (non-hydrogen) atoms. The summed E-state index contributed by atoms with van der Waals surface area (Å²) in [5, 5.41) is 0. The van der Waals surface area contributed by atoms with Crippen LogP contribution in [-0.4, -0.2) is 18.1 Å². The summed E-state index contributed by atoms with van der Waals surface area (Å²) in [5.74, 6) is -0.403. The molecule has 0 bridgehead atoms. The first-order valence-corrected chi connectivity index (χ1v) is 4.12. The van der Waals surface area contributed by atoms with E-state index in [1.807, 2.05) is 13.1 Å². The first kappa shape index (κ1) is 7.53. The van der Waals surface area contributed by atoms with Gasteiger partial charge in [0.05, 0.1) is 0 Å². The standard InChI is InChI=1S/C9H11FN2/c1-12(7-2-3-7)8-4-5-11-9(10)6-8/h4-7H,2-3H2,1H3. The molecular weight excluding hydrogens is 155 g/mol. The molecule has 1 fully saturated rings. The van der Waals surface area contributed by atoms with Gasteiger partial charge in [0.2, 0.25) is 5.95 Å². The molecule has 1 aliphatic carbocycles. The lowest BCUT2D eigenvalue weighted by Gasteiger charge is -2.17. The van der Waals surface area contributed by atoms with E-state index in [9.17, 15) is 4.39 Å². The Balaban J connectivity index is 2.20. The van der Waals surface area contributed by atoms with Crippen molar-refractivity contribution in [3.05, 3.63) is 24.3 Å². The normalized spacial score (nSPS) is 16.2. The molecular formula is C9H11FN2. The highest BCUT2D eigenvalue weighted by atomic mass is 19.1. The molecule has 0 atom stereocenters. The van der Waals surface area contributed by atoms with Gasteiger partial charge in [0, 0.05) is 31.0 Å². The third-order valence-electron chi connectivity index (χ3n) is 2.21. The molecule has 2 rings (SSSR count). The molecule has 2 nitrogen and oxygen atoms in total. The summed E-state index contributed by atoms with van der Waals surface area (Å²) < 4.78 is 12.7. The van der Waals surface area contributed by atoms with Crippen molar-refractivity contribution >= 4 is 5.69 Å². The zero-order valence-corrected chi connectivity index (χ0v) is 7.00. The van der Waals surface area contributed by atoms with Crippen LogP contribution in [0.2, 0.25) is 0 Å². The number of hydrogen-bond acceptors (Lipinski definition) is 2. The molecule has 0 amide bonds. The van der Waals surface area contributed by atoms with Crippen LogP contribution in [0, 0.1) is 5.95 Å². The van der Waals surface area contributed by atoms with E-state index in [0.717, 1.165) is 5.69 Å². The van der Waals surface area contributed by atoms with Gasteiger partial charge in [0.15, 0.2) is 0 Å². The summed E-state index contributed by atoms with van der Waals surface area (Å²) >= 11 is 0. The van der Waals surface area contributed by atoms with Gasteiger partial charge in [-0.3, -0.25) is 0 Å². The average Bonchev–Trinajstić information content (AvgIpc) is 2.85. The van der Waals surface area contributed by atoms with Crippen molar-refractivity contribution in [3.63, 3.8) is 0 Å². The smallest absolute Gasteiger partial charge is 0.214 e. The minimum absolute atomic E-state index is 0.403. The number of aromatic nitrogens is 1. The molecule has 0 radical (unpaired) electrons. The van der Waals surface area contributed by atoms with E-state index in [-0.39, 0.29) is 0 Å². The quantitative estimate of drug-likeness (QED) is 0.623.